The maximum Gasteiger partial charge on any atom is 0.266 e. The Morgan fingerprint density at radius 1 is 1.30 bits per heavy atom. The SMILES string of the molecule is Cc1cccc(NC(=O)/C(C#N)=C\c2ccncc2)c1. The van der Waals surface area contributed by atoms with Gasteiger partial charge in [-0.05, 0) is 48.4 Å². The van der Waals surface area contributed by atoms with E-state index in [1.165, 1.54) is 6.08 Å². The van der Waals surface area contributed by atoms with Gasteiger partial charge in [0.2, 0.25) is 0 Å². The smallest absolute Gasteiger partial charge is 0.266 e. The average molecular weight is 263 g/mol. The molecule has 0 spiro atoms. The lowest BCUT2D eigenvalue weighted by atomic mass is 10.1. The van der Waals surface area contributed by atoms with Crippen LogP contribution in [0.1, 0.15) is 11.1 Å². The van der Waals surface area contributed by atoms with Gasteiger partial charge in [0, 0.05) is 18.1 Å². The van der Waals surface area contributed by atoms with Gasteiger partial charge in [-0.25, -0.2) is 0 Å². The van der Waals surface area contributed by atoms with Crippen LogP contribution in [0.4, 0.5) is 5.69 Å². The van der Waals surface area contributed by atoms with E-state index >= 15 is 0 Å². The topological polar surface area (TPSA) is 65.8 Å². The van der Waals surface area contributed by atoms with Gasteiger partial charge < -0.3 is 5.32 Å². The third-order valence-electron chi connectivity index (χ3n) is 2.66. The second-order valence-corrected chi connectivity index (χ2v) is 4.27. The number of rotatable bonds is 3. The van der Waals surface area contributed by atoms with Crippen molar-refractivity contribution in [3.8, 4) is 6.07 Å². The van der Waals surface area contributed by atoms with Gasteiger partial charge in [0.05, 0.1) is 0 Å². The first-order chi connectivity index (χ1) is 9.69. The molecule has 0 aliphatic rings. The summed E-state index contributed by atoms with van der Waals surface area (Å²) in [6, 6.07) is 12.8. The summed E-state index contributed by atoms with van der Waals surface area (Å²) in [5, 5.41) is 11.8. The number of nitrogens with one attached hydrogen (secondary N) is 1. The Morgan fingerprint density at radius 2 is 2.05 bits per heavy atom. The van der Waals surface area contributed by atoms with E-state index in [0.717, 1.165) is 11.1 Å². The van der Waals surface area contributed by atoms with Crippen LogP contribution in [0.15, 0.2) is 54.4 Å². The summed E-state index contributed by atoms with van der Waals surface area (Å²) in [4.78, 5) is 15.9. The number of aryl methyl sites for hydroxylation is 1. The van der Waals surface area contributed by atoms with Crippen LogP contribution in [0.2, 0.25) is 0 Å². The summed E-state index contributed by atoms with van der Waals surface area (Å²) in [6.07, 6.45) is 4.76. The van der Waals surface area contributed by atoms with Gasteiger partial charge >= 0.3 is 0 Å². The highest BCUT2D eigenvalue weighted by Gasteiger charge is 2.09. The Hall–Kier alpha value is -2.93. The third-order valence-corrected chi connectivity index (χ3v) is 2.66. The molecular formula is C16H13N3O. The minimum atomic E-state index is -0.421. The first-order valence-corrected chi connectivity index (χ1v) is 6.09. The van der Waals surface area contributed by atoms with E-state index in [1.807, 2.05) is 31.2 Å². The second-order valence-electron chi connectivity index (χ2n) is 4.27. The fourth-order valence-electron chi connectivity index (χ4n) is 1.70. The Balaban J connectivity index is 2.19. The van der Waals surface area contributed by atoms with Crippen LogP contribution in [0.25, 0.3) is 6.08 Å². The highest BCUT2D eigenvalue weighted by molar-refractivity contribution is 6.09. The molecule has 0 aliphatic carbocycles. The van der Waals surface area contributed by atoms with Gasteiger partial charge in [-0.1, -0.05) is 12.1 Å². The van der Waals surface area contributed by atoms with Crippen molar-refractivity contribution in [2.75, 3.05) is 5.32 Å². The lowest BCUT2D eigenvalue weighted by Gasteiger charge is -2.05. The van der Waals surface area contributed by atoms with Gasteiger partial charge in [0.25, 0.3) is 5.91 Å². The number of hydrogen-bond acceptors (Lipinski definition) is 3. The van der Waals surface area contributed by atoms with Crippen LogP contribution in [0.3, 0.4) is 0 Å². The molecule has 1 heterocycles. The third kappa shape index (κ3) is 3.53. The zero-order valence-corrected chi connectivity index (χ0v) is 11.0. The lowest BCUT2D eigenvalue weighted by molar-refractivity contribution is -0.112. The fourth-order valence-corrected chi connectivity index (χ4v) is 1.70. The van der Waals surface area contributed by atoms with E-state index in [4.69, 9.17) is 5.26 Å². The number of aromatic nitrogens is 1. The number of nitrogens with zero attached hydrogens (tertiary/aromatic N) is 2. The minimum absolute atomic E-state index is 0.0534. The van der Waals surface area contributed by atoms with Crippen molar-refractivity contribution in [1.82, 2.24) is 4.98 Å². The molecule has 0 aliphatic heterocycles. The predicted molar refractivity (Wildman–Crippen MR) is 77.6 cm³/mol. The Morgan fingerprint density at radius 3 is 2.70 bits per heavy atom. The molecule has 0 atom stereocenters. The maximum atomic E-state index is 12.0. The van der Waals surface area contributed by atoms with Crippen LogP contribution >= 0.6 is 0 Å². The molecule has 4 heteroatoms. The van der Waals surface area contributed by atoms with E-state index in [-0.39, 0.29) is 5.57 Å². The Kier molecular flexibility index (Phi) is 4.25. The molecule has 1 aromatic heterocycles. The highest BCUT2D eigenvalue weighted by Crippen LogP contribution is 2.12. The molecule has 0 unspecified atom stereocenters. The number of carbonyl (C=O) groups is 1. The average Bonchev–Trinajstić information content (AvgIpc) is 2.45. The highest BCUT2D eigenvalue weighted by atomic mass is 16.1. The number of anilines is 1. The van der Waals surface area contributed by atoms with Crippen molar-refractivity contribution in [3.05, 3.63) is 65.5 Å². The summed E-state index contributed by atoms with van der Waals surface area (Å²) in [7, 11) is 0. The molecule has 4 nitrogen and oxygen atoms in total. The molecule has 0 fully saturated rings. The van der Waals surface area contributed by atoms with E-state index in [2.05, 4.69) is 10.3 Å². The molecule has 20 heavy (non-hydrogen) atoms. The maximum absolute atomic E-state index is 12.0. The van der Waals surface area contributed by atoms with Crippen LogP contribution in [-0.2, 0) is 4.79 Å². The zero-order valence-electron chi connectivity index (χ0n) is 11.0. The molecule has 0 saturated carbocycles. The number of hydrogen-bond donors (Lipinski definition) is 1. The van der Waals surface area contributed by atoms with Crippen molar-refractivity contribution >= 4 is 17.7 Å². The van der Waals surface area contributed by atoms with Gasteiger partial charge in [-0.15, -0.1) is 0 Å². The van der Waals surface area contributed by atoms with Crippen LogP contribution in [-0.4, -0.2) is 10.9 Å². The van der Waals surface area contributed by atoms with Crippen LogP contribution in [0, 0.1) is 18.3 Å². The van der Waals surface area contributed by atoms with Crippen molar-refractivity contribution in [3.63, 3.8) is 0 Å². The molecule has 0 saturated heterocycles. The number of carbonyl (C=O) groups excluding carboxylic acids is 1. The molecule has 2 aromatic rings. The molecule has 1 N–H and O–H groups in total. The van der Waals surface area contributed by atoms with E-state index in [0.29, 0.717) is 5.69 Å². The van der Waals surface area contributed by atoms with E-state index < -0.39 is 5.91 Å². The standard InChI is InChI=1S/C16H13N3O/c1-12-3-2-4-15(9-12)19-16(20)14(11-17)10-13-5-7-18-8-6-13/h2-10H,1H3,(H,19,20)/b14-10-. The van der Waals surface area contributed by atoms with E-state index in [1.54, 1.807) is 30.6 Å². The number of nitriles is 1. The molecule has 1 amide bonds. The molecule has 0 radical (unpaired) electrons. The molecular weight excluding hydrogens is 250 g/mol. The zero-order chi connectivity index (χ0) is 14.4. The van der Waals surface area contributed by atoms with Gasteiger partial charge in [-0.2, -0.15) is 5.26 Å². The molecule has 2 rings (SSSR count). The summed E-state index contributed by atoms with van der Waals surface area (Å²) in [5.41, 5.74) is 2.53. The number of benzene rings is 1. The van der Waals surface area contributed by atoms with E-state index in [9.17, 15) is 4.79 Å². The van der Waals surface area contributed by atoms with Crippen molar-refractivity contribution in [1.29, 1.82) is 5.26 Å². The summed E-state index contributed by atoms with van der Waals surface area (Å²) in [5.74, 6) is -0.421. The first-order valence-electron chi connectivity index (χ1n) is 6.09. The van der Waals surface area contributed by atoms with Crippen LogP contribution < -0.4 is 5.32 Å². The van der Waals surface area contributed by atoms with Crippen LogP contribution in [0.5, 0.6) is 0 Å². The van der Waals surface area contributed by atoms with Crippen molar-refractivity contribution < 1.29 is 4.79 Å². The first kappa shape index (κ1) is 13.5. The monoisotopic (exact) mass is 263 g/mol. The van der Waals surface area contributed by atoms with Gasteiger partial charge in [0.1, 0.15) is 11.6 Å². The number of pyridine rings is 1. The second kappa shape index (κ2) is 6.30. The molecule has 1 aromatic carbocycles. The lowest BCUT2D eigenvalue weighted by Crippen LogP contribution is -2.13. The van der Waals surface area contributed by atoms with Gasteiger partial charge in [-0.3, -0.25) is 9.78 Å². The largest absolute Gasteiger partial charge is 0.321 e. The summed E-state index contributed by atoms with van der Waals surface area (Å²) in [6.45, 7) is 1.94. The number of amides is 1. The fraction of sp³-hybridized carbons (Fsp3) is 0.0625. The molecule has 0 bridgehead atoms. The van der Waals surface area contributed by atoms with Crippen molar-refractivity contribution in [2.24, 2.45) is 0 Å². The quantitative estimate of drug-likeness (QED) is 0.684. The Labute approximate surface area is 117 Å². The Bertz CT molecular complexity index is 684. The molecule has 98 valence electrons. The summed E-state index contributed by atoms with van der Waals surface area (Å²) >= 11 is 0. The normalized spacial score (nSPS) is 10.7. The predicted octanol–water partition coefficient (Wildman–Crippen LogP) is 2.94. The summed E-state index contributed by atoms with van der Waals surface area (Å²) < 4.78 is 0. The van der Waals surface area contributed by atoms with Gasteiger partial charge in [0.15, 0.2) is 0 Å². The van der Waals surface area contributed by atoms with Crippen molar-refractivity contribution in [2.45, 2.75) is 6.92 Å². The minimum Gasteiger partial charge on any atom is -0.321 e.